The molecule has 2 unspecified atom stereocenters. The first-order chi connectivity index (χ1) is 8.61. The minimum atomic E-state index is 0.504. The summed E-state index contributed by atoms with van der Waals surface area (Å²) in [5, 5.41) is 11.4. The Morgan fingerprint density at radius 3 is 2.61 bits per heavy atom. The molecule has 0 spiro atoms. The molecule has 2 atom stereocenters. The fourth-order valence-corrected chi connectivity index (χ4v) is 2.85. The third-order valence-corrected chi connectivity index (χ3v) is 4.04. The topological polar surface area (TPSA) is 39.1 Å². The van der Waals surface area contributed by atoms with E-state index >= 15 is 0 Å². The Balaban J connectivity index is 2.20. The van der Waals surface area contributed by atoms with Gasteiger partial charge in [0, 0.05) is 16.6 Å². The van der Waals surface area contributed by atoms with Gasteiger partial charge in [-0.2, -0.15) is 5.26 Å². The van der Waals surface area contributed by atoms with Gasteiger partial charge in [-0.15, -0.1) is 0 Å². The Kier molecular flexibility index (Phi) is 4.26. The van der Waals surface area contributed by atoms with E-state index in [1.54, 1.807) is 0 Å². The van der Waals surface area contributed by atoms with Crippen molar-refractivity contribution in [2.24, 2.45) is 0 Å². The summed E-state index contributed by atoms with van der Waals surface area (Å²) >= 11 is 3.39. The highest BCUT2D eigenvalue weighted by molar-refractivity contribution is 9.10. The van der Waals surface area contributed by atoms with Crippen LogP contribution < -0.4 is 5.43 Å². The molecule has 1 aromatic rings. The summed E-state index contributed by atoms with van der Waals surface area (Å²) in [6.07, 6.45) is 3.69. The van der Waals surface area contributed by atoms with Crippen LogP contribution in [0.25, 0.3) is 0 Å². The van der Waals surface area contributed by atoms with Crippen molar-refractivity contribution in [3.63, 3.8) is 0 Å². The molecule has 1 fully saturated rings. The maximum absolute atomic E-state index is 9.17. The van der Waals surface area contributed by atoms with Crippen LogP contribution in [0.4, 0.5) is 5.69 Å². The average molecular weight is 308 g/mol. The number of nitrogens with zero attached hydrogens (tertiary/aromatic N) is 2. The van der Waals surface area contributed by atoms with E-state index in [1.165, 1.54) is 19.3 Å². The molecule has 4 heteroatoms. The van der Waals surface area contributed by atoms with Gasteiger partial charge < -0.3 is 5.43 Å². The van der Waals surface area contributed by atoms with Gasteiger partial charge in [0.15, 0.2) is 0 Å². The van der Waals surface area contributed by atoms with Gasteiger partial charge in [-0.1, -0.05) is 22.4 Å². The zero-order valence-electron chi connectivity index (χ0n) is 10.8. The van der Waals surface area contributed by atoms with Crippen molar-refractivity contribution >= 4 is 21.6 Å². The monoisotopic (exact) mass is 307 g/mol. The summed E-state index contributed by atoms with van der Waals surface area (Å²) in [7, 11) is 0. The van der Waals surface area contributed by atoms with E-state index in [0.717, 1.165) is 10.2 Å². The quantitative estimate of drug-likeness (QED) is 0.900. The summed E-state index contributed by atoms with van der Waals surface area (Å²) in [6.45, 7) is 4.46. The highest BCUT2D eigenvalue weighted by Gasteiger charge is 2.25. The predicted octanol–water partition coefficient (Wildman–Crippen LogP) is 3.91. The molecule has 3 nitrogen and oxygen atoms in total. The third kappa shape index (κ3) is 2.85. The summed E-state index contributed by atoms with van der Waals surface area (Å²) in [5.41, 5.74) is 4.98. The maximum Gasteiger partial charge on any atom is 0.101 e. The van der Waals surface area contributed by atoms with Gasteiger partial charge in [0.05, 0.1) is 11.3 Å². The van der Waals surface area contributed by atoms with Gasteiger partial charge in [-0.05, 0) is 44.9 Å². The summed E-state index contributed by atoms with van der Waals surface area (Å²) in [4.78, 5) is 0. The molecule has 1 aliphatic rings. The van der Waals surface area contributed by atoms with Crippen LogP contribution in [0.3, 0.4) is 0 Å². The fourth-order valence-electron chi connectivity index (χ4n) is 2.49. The number of hydrogen-bond acceptors (Lipinski definition) is 3. The number of piperidine rings is 1. The van der Waals surface area contributed by atoms with Crippen molar-refractivity contribution in [3.8, 4) is 6.07 Å². The van der Waals surface area contributed by atoms with Crippen LogP contribution in [-0.2, 0) is 0 Å². The van der Waals surface area contributed by atoms with Crippen LogP contribution in [0.1, 0.15) is 38.7 Å². The summed E-state index contributed by atoms with van der Waals surface area (Å²) < 4.78 is 0.935. The van der Waals surface area contributed by atoms with Crippen LogP contribution >= 0.6 is 15.9 Å². The number of nitriles is 1. The number of rotatable bonds is 2. The van der Waals surface area contributed by atoms with Crippen molar-refractivity contribution in [3.05, 3.63) is 28.2 Å². The predicted molar refractivity (Wildman–Crippen MR) is 77.1 cm³/mol. The molecule has 1 N–H and O–H groups in total. The number of anilines is 1. The van der Waals surface area contributed by atoms with Gasteiger partial charge in [0.2, 0.25) is 0 Å². The Morgan fingerprint density at radius 2 is 2.00 bits per heavy atom. The standard InChI is InChI=1S/C14H18BrN3/c1-10-4-3-5-11(2)18(10)17-14-7-6-13(15)8-12(14)9-16/h6-8,10-11,17H,3-5H2,1-2H3. The number of hydrazine groups is 1. The molecule has 1 aromatic carbocycles. The SMILES string of the molecule is CC1CCCC(C)N1Nc1ccc(Br)cc1C#N. The molecule has 0 amide bonds. The Labute approximate surface area is 117 Å². The van der Waals surface area contributed by atoms with Crippen molar-refractivity contribution < 1.29 is 0 Å². The van der Waals surface area contributed by atoms with E-state index < -0.39 is 0 Å². The molecule has 2 rings (SSSR count). The van der Waals surface area contributed by atoms with E-state index in [2.05, 4.69) is 46.3 Å². The van der Waals surface area contributed by atoms with Crippen molar-refractivity contribution in [1.29, 1.82) is 5.26 Å². The molecule has 0 radical (unpaired) electrons. The van der Waals surface area contributed by atoms with E-state index in [4.69, 9.17) is 0 Å². The zero-order valence-corrected chi connectivity index (χ0v) is 12.4. The molecule has 0 bridgehead atoms. The minimum absolute atomic E-state index is 0.504. The van der Waals surface area contributed by atoms with E-state index in [-0.39, 0.29) is 0 Å². The molecule has 0 saturated carbocycles. The van der Waals surface area contributed by atoms with Gasteiger partial charge >= 0.3 is 0 Å². The van der Waals surface area contributed by atoms with E-state index in [1.807, 2.05) is 18.2 Å². The lowest BCUT2D eigenvalue weighted by atomic mass is 10.00. The highest BCUT2D eigenvalue weighted by atomic mass is 79.9. The highest BCUT2D eigenvalue weighted by Crippen LogP contribution is 2.26. The molecule has 1 heterocycles. The van der Waals surface area contributed by atoms with E-state index in [9.17, 15) is 5.26 Å². The van der Waals surface area contributed by atoms with Crippen LogP contribution in [0.15, 0.2) is 22.7 Å². The van der Waals surface area contributed by atoms with E-state index in [0.29, 0.717) is 17.6 Å². The number of benzene rings is 1. The summed E-state index contributed by atoms with van der Waals surface area (Å²) in [6, 6.07) is 9.01. The molecular formula is C14H18BrN3. The Morgan fingerprint density at radius 1 is 1.33 bits per heavy atom. The second kappa shape index (κ2) is 5.73. The number of halogens is 1. The van der Waals surface area contributed by atoms with Crippen LogP contribution in [0.5, 0.6) is 0 Å². The van der Waals surface area contributed by atoms with Crippen molar-refractivity contribution in [1.82, 2.24) is 5.01 Å². The molecule has 1 saturated heterocycles. The Bertz CT molecular complexity index is 457. The van der Waals surface area contributed by atoms with Gasteiger partial charge in [-0.25, -0.2) is 5.01 Å². The molecule has 1 aliphatic heterocycles. The lowest BCUT2D eigenvalue weighted by molar-refractivity contribution is 0.135. The van der Waals surface area contributed by atoms with Crippen LogP contribution in [0, 0.1) is 11.3 Å². The van der Waals surface area contributed by atoms with Gasteiger partial charge in [0.25, 0.3) is 0 Å². The van der Waals surface area contributed by atoms with Crippen LogP contribution in [-0.4, -0.2) is 17.1 Å². The smallest absolute Gasteiger partial charge is 0.101 e. The number of nitrogens with one attached hydrogen (secondary N) is 1. The molecule has 0 aliphatic carbocycles. The van der Waals surface area contributed by atoms with Crippen molar-refractivity contribution in [2.75, 3.05) is 5.43 Å². The summed E-state index contributed by atoms with van der Waals surface area (Å²) in [5.74, 6) is 0. The minimum Gasteiger partial charge on any atom is -0.317 e. The zero-order chi connectivity index (χ0) is 13.1. The van der Waals surface area contributed by atoms with Crippen molar-refractivity contribution in [2.45, 2.75) is 45.2 Å². The largest absolute Gasteiger partial charge is 0.317 e. The lowest BCUT2D eigenvalue weighted by Crippen LogP contribution is -2.47. The number of hydrogen-bond donors (Lipinski definition) is 1. The van der Waals surface area contributed by atoms with Gasteiger partial charge in [-0.3, -0.25) is 0 Å². The van der Waals surface area contributed by atoms with Gasteiger partial charge in [0.1, 0.15) is 6.07 Å². The lowest BCUT2D eigenvalue weighted by Gasteiger charge is -2.39. The first-order valence-electron chi connectivity index (χ1n) is 6.36. The molecule has 96 valence electrons. The molecule has 0 aromatic heterocycles. The fraction of sp³-hybridized carbons (Fsp3) is 0.500. The second-order valence-electron chi connectivity index (χ2n) is 4.95. The first-order valence-corrected chi connectivity index (χ1v) is 7.15. The third-order valence-electron chi connectivity index (χ3n) is 3.55. The second-order valence-corrected chi connectivity index (χ2v) is 5.87. The van der Waals surface area contributed by atoms with Crippen LogP contribution in [0.2, 0.25) is 0 Å². The normalized spacial score (nSPS) is 24.6. The Hall–Kier alpha value is -1.05. The molecular weight excluding hydrogens is 290 g/mol. The maximum atomic E-state index is 9.17. The average Bonchev–Trinajstić information content (AvgIpc) is 2.35. The first kappa shape index (κ1) is 13.4. The molecule has 18 heavy (non-hydrogen) atoms.